The molecular weight excluding hydrogens is 269 g/mol. The first-order valence-electron chi connectivity index (χ1n) is 6.95. The van der Waals surface area contributed by atoms with Gasteiger partial charge in [0.2, 0.25) is 0 Å². The molecule has 0 N–H and O–H groups in total. The number of aryl methyl sites for hydroxylation is 1. The maximum atomic E-state index is 12.8. The van der Waals surface area contributed by atoms with E-state index in [0.29, 0.717) is 31.6 Å². The number of halogens is 3. The van der Waals surface area contributed by atoms with Gasteiger partial charge < -0.3 is 9.47 Å². The first-order valence-corrected chi connectivity index (χ1v) is 6.95. The van der Waals surface area contributed by atoms with Crippen molar-refractivity contribution < 1.29 is 22.6 Å². The lowest BCUT2D eigenvalue weighted by Gasteiger charge is -2.22. The van der Waals surface area contributed by atoms with Crippen LogP contribution in [-0.4, -0.2) is 19.5 Å². The van der Waals surface area contributed by atoms with Crippen molar-refractivity contribution in [3.05, 3.63) is 35.4 Å². The molecule has 5 heteroatoms. The number of ether oxygens (including phenoxy) is 2. The Balaban J connectivity index is 1.79. The monoisotopic (exact) mass is 288 g/mol. The summed E-state index contributed by atoms with van der Waals surface area (Å²) in [7, 11) is 0. The summed E-state index contributed by atoms with van der Waals surface area (Å²) in [5, 5.41) is 0. The highest BCUT2D eigenvalue weighted by Gasteiger charge is 2.32. The molecule has 2 rings (SSSR count). The van der Waals surface area contributed by atoms with Crippen molar-refractivity contribution in [2.45, 2.75) is 44.6 Å². The molecule has 0 saturated carbocycles. The molecule has 1 fully saturated rings. The first kappa shape index (κ1) is 15.3. The van der Waals surface area contributed by atoms with Crippen molar-refractivity contribution in [3.8, 4) is 0 Å². The predicted octanol–water partition coefficient (Wildman–Crippen LogP) is 4.18. The third-order valence-corrected chi connectivity index (χ3v) is 3.35. The fraction of sp³-hybridized carbons (Fsp3) is 0.600. The molecular formula is C15H19F3O2. The van der Waals surface area contributed by atoms with Gasteiger partial charge in [0, 0.05) is 6.61 Å². The van der Waals surface area contributed by atoms with Crippen LogP contribution in [0.15, 0.2) is 24.3 Å². The zero-order chi connectivity index (χ0) is 14.4. The second-order valence-corrected chi connectivity index (χ2v) is 4.93. The Morgan fingerprint density at radius 2 is 2.00 bits per heavy atom. The molecule has 1 aliphatic rings. The van der Waals surface area contributed by atoms with E-state index in [4.69, 9.17) is 9.47 Å². The van der Waals surface area contributed by atoms with Crippen molar-refractivity contribution in [1.82, 2.24) is 0 Å². The van der Waals surface area contributed by atoms with E-state index in [-0.39, 0.29) is 6.29 Å². The molecule has 0 radical (unpaired) electrons. The van der Waals surface area contributed by atoms with Crippen LogP contribution in [0, 0.1) is 0 Å². The van der Waals surface area contributed by atoms with Crippen molar-refractivity contribution >= 4 is 0 Å². The highest BCUT2D eigenvalue weighted by molar-refractivity contribution is 5.29. The molecule has 0 aliphatic carbocycles. The van der Waals surface area contributed by atoms with E-state index >= 15 is 0 Å². The van der Waals surface area contributed by atoms with E-state index < -0.39 is 11.7 Å². The summed E-state index contributed by atoms with van der Waals surface area (Å²) >= 11 is 0. The summed E-state index contributed by atoms with van der Waals surface area (Å²) in [5.74, 6) is 0. The second kappa shape index (κ2) is 7.09. The molecule has 112 valence electrons. The normalized spacial score (nSPS) is 20.1. The lowest BCUT2D eigenvalue weighted by Crippen LogP contribution is -2.22. The summed E-state index contributed by atoms with van der Waals surface area (Å²) in [6, 6.07) is 5.70. The van der Waals surface area contributed by atoms with Crippen LogP contribution in [0.3, 0.4) is 0 Å². The summed E-state index contributed by atoms with van der Waals surface area (Å²) in [4.78, 5) is 0. The van der Waals surface area contributed by atoms with Crippen LogP contribution in [0.25, 0.3) is 0 Å². The standard InChI is InChI=1S/C15H19F3O2/c16-15(17,18)13-8-2-1-6-12(13)7-5-11-20-14-9-3-4-10-19-14/h1-2,6,8,14H,3-5,7,9-11H2. The Morgan fingerprint density at radius 1 is 1.20 bits per heavy atom. The molecule has 0 aromatic heterocycles. The van der Waals surface area contributed by atoms with Gasteiger partial charge in [0.25, 0.3) is 0 Å². The van der Waals surface area contributed by atoms with Crippen LogP contribution in [0.5, 0.6) is 0 Å². The molecule has 1 heterocycles. The summed E-state index contributed by atoms with van der Waals surface area (Å²) < 4.78 is 49.3. The number of rotatable bonds is 5. The second-order valence-electron chi connectivity index (χ2n) is 4.93. The molecule has 1 unspecified atom stereocenters. The molecule has 1 atom stereocenters. The van der Waals surface area contributed by atoms with Gasteiger partial charge in [0.05, 0.1) is 12.2 Å². The van der Waals surface area contributed by atoms with Crippen LogP contribution in [0.4, 0.5) is 13.2 Å². The van der Waals surface area contributed by atoms with Crippen molar-refractivity contribution in [1.29, 1.82) is 0 Å². The summed E-state index contributed by atoms with van der Waals surface area (Å²) in [5.41, 5.74) is -0.220. The van der Waals surface area contributed by atoms with Crippen molar-refractivity contribution in [3.63, 3.8) is 0 Å². The largest absolute Gasteiger partial charge is 0.416 e. The fourth-order valence-corrected chi connectivity index (χ4v) is 2.33. The van der Waals surface area contributed by atoms with Crippen LogP contribution < -0.4 is 0 Å². The van der Waals surface area contributed by atoms with Crippen LogP contribution in [-0.2, 0) is 22.1 Å². The van der Waals surface area contributed by atoms with Crippen LogP contribution >= 0.6 is 0 Å². The molecule has 1 saturated heterocycles. The van der Waals surface area contributed by atoms with Gasteiger partial charge in [0.15, 0.2) is 6.29 Å². The van der Waals surface area contributed by atoms with Gasteiger partial charge >= 0.3 is 6.18 Å². The first-order chi connectivity index (χ1) is 9.57. The summed E-state index contributed by atoms with van der Waals surface area (Å²) in [6.07, 6.45) is -0.527. The molecule has 2 nitrogen and oxygen atoms in total. The van der Waals surface area contributed by atoms with E-state index in [0.717, 1.165) is 25.3 Å². The van der Waals surface area contributed by atoms with Gasteiger partial charge in [0.1, 0.15) is 0 Å². The topological polar surface area (TPSA) is 18.5 Å². The SMILES string of the molecule is FC(F)(F)c1ccccc1CCCOC1CCCCO1. The molecule has 0 amide bonds. The maximum Gasteiger partial charge on any atom is 0.416 e. The highest BCUT2D eigenvalue weighted by atomic mass is 19.4. The fourth-order valence-electron chi connectivity index (χ4n) is 2.33. The van der Waals surface area contributed by atoms with E-state index in [2.05, 4.69) is 0 Å². The van der Waals surface area contributed by atoms with Gasteiger partial charge in [-0.25, -0.2) is 0 Å². The van der Waals surface area contributed by atoms with E-state index in [9.17, 15) is 13.2 Å². The molecule has 1 aromatic rings. The van der Waals surface area contributed by atoms with E-state index in [1.807, 2.05) is 0 Å². The average molecular weight is 288 g/mol. The predicted molar refractivity (Wildman–Crippen MR) is 69.3 cm³/mol. The van der Waals surface area contributed by atoms with Gasteiger partial charge in [-0.15, -0.1) is 0 Å². The zero-order valence-corrected chi connectivity index (χ0v) is 11.3. The molecule has 1 aromatic carbocycles. The number of alkyl halides is 3. The van der Waals surface area contributed by atoms with Crippen molar-refractivity contribution in [2.75, 3.05) is 13.2 Å². The maximum absolute atomic E-state index is 12.8. The lowest BCUT2D eigenvalue weighted by atomic mass is 10.0. The van der Waals surface area contributed by atoms with Gasteiger partial charge in [-0.3, -0.25) is 0 Å². The van der Waals surface area contributed by atoms with E-state index in [1.54, 1.807) is 6.07 Å². The Hall–Kier alpha value is -1.07. The van der Waals surface area contributed by atoms with Gasteiger partial charge in [-0.1, -0.05) is 18.2 Å². The van der Waals surface area contributed by atoms with Gasteiger partial charge in [-0.05, 0) is 43.7 Å². The van der Waals surface area contributed by atoms with E-state index in [1.165, 1.54) is 12.1 Å². The number of hydrogen-bond acceptors (Lipinski definition) is 2. The minimum atomic E-state index is -4.29. The quantitative estimate of drug-likeness (QED) is 0.757. The summed E-state index contributed by atoms with van der Waals surface area (Å²) in [6.45, 7) is 1.14. The third-order valence-electron chi connectivity index (χ3n) is 3.35. The van der Waals surface area contributed by atoms with Crippen LogP contribution in [0.1, 0.15) is 36.8 Å². The zero-order valence-electron chi connectivity index (χ0n) is 11.3. The Morgan fingerprint density at radius 3 is 2.70 bits per heavy atom. The Kier molecular flexibility index (Phi) is 5.43. The van der Waals surface area contributed by atoms with Crippen molar-refractivity contribution in [2.24, 2.45) is 0 Å². The minimum Gasteiger partial charge on any atom is -0.353 e. The smallest absolute Gasteiger partial charge is 0.353 e. The average Bonchev–Trinajstić information content (AvgIpc) is 2.44. The Bertz CT molecular complexity index is 412. The third kappa shape index (κ3) is 4.49. The lowest BCUT2D eigenvalue weighted by molar-refractivity contribution is -0.162. The molecule has 0 spiro atoms. The Labute approximate surface area is 116 Å². The molecule has 0 bridgehead atoms. The van der Waals surface area contributed by atoms with Gasteiger partial charge in [-0.2, -0.15) is 13.2 Å². The highest BCUT2D eigenvalue weighted by Crippen LogP contribution is 2.32. The van der Waals surface area contributed by atoms with Crippen LogP contribution in [0.2, 0.25) is 0 Å². The number of benzene rings is 1. The minimum absolute atomic E-state index is 0.179. The number of hydrogen-bond donors (Lipinski definition) is 0. The molecule has 20 heavy (non-hydrogen) atoms. The molecule has 1 aliphatic heterocycles.